The molecule has 0 saturated carbocycles. The number of hydrogen-bond acceptors (Lipinski definition) is 6. The second-order valence-corrected chi connectivity index (χ2v) is 3.90. The lowest BCUT2D eigenvalue weighted by Crippen LogP contribution is -2.09. The van der Waals surface area contributed by atoms with E-state index in [4.69, 9.17) is 16.1 Å². The standard InChI is InChI=1S/C10H12ClN5O/c1-6-9(11)13-5-14-10(6)12-4-3-8-15-7(2)17-16-8/h5H,3-4H2,1-2H3,(H,12,13,14). The Hall–Kier alpha value is -1.69. The molecule has 0 bridgehead atoms. The summed E-state index contributed by atoms with van der Waals surface area (Å²) in [5, 5.41) is 7.41. The van der Waals surface area contributed by atoms with Crippen molar-refractivity contribution < 1.29 is 4.52 Å². The summed E-state index contributed by atoms with van der Waals surface area (Å²) in [5.74, 6) is 1.97. The van der Waals surface area contributed by atoms with Crippen LogP contribution in [0.4, 0.5) is 5.82 Å². The van der Waals surface area contributed by atoms with E-state index in [1.165, 1.54) is 6.33 Å². The molecule has 2 heterocycles. The number of rotatable bonds is 4. The van der Waals surface area contributed by atoms with Gasteiger partial charge in [0.2, 0.25) is 5.89 Å². The molecule has 0 unspecified atom stereocenters. The third kappa shape index (κ3) is 2.91. The summed E-state index contributed by atoms with van der Waals surface area (Å²) in [6.07, 6.45) is 2.09. The van der Waals surface area contributed by atoms with E-state index in [1.54, 1.807) is 6.92 Å². The molecule has 0 aliphatic rings. The molecule has 2 aromatic heterocycles. The fraction of sp³-hybridized carbons (Fsp3) is 0.400. The quantitative estimate of drug-likeness (QED) is 0.837. The number of hydrogen-bond donors (Lipinski definition) is 1. The van der Waals surface area contributed by atoms with E-state index in [0.717, 1.165) is 11.4 Å². The van der Waals surface area contributed by atoms with Crippen LogP contribution in [-0.2, 0) is 6.42 Å². The van der Waals surface area contributed by atoms with Crippen LogP contribution in [0, 0.1) is 13.8 Å². The first kappa shape index (κ1) is 11.8. The fourth-order valence-corrected chi connectivity index (χ4v) is 1.48. The van der Waals surface area contributed by atoms with Crippen molar-refractivity contribution in [2.75, 3.05) is 11.9 Å². The Labute approximate surface area is 103 Å². The van der Waals surface area contributed by atoms with Crippen LogP contribution in [-0.4, -0.2) is 26.7 Å². The van der Waals surface area contributed by atoms with Gasteiger partial charge in [-0.1, -0.05) is 16.8 Å². The molecule has 0 radical (unpaired) electrons. The zero-order valence-corrected chi connectivity index (χ0v) is 10.3. The molecule has 0 aliphatic carbocycles. The largest absolute Gasteiger partial charge is 0.369 e. The highest BCUT2D eigenvalue weighted by Crippen LogP contribution is 2.17. The van der Waals surface area contributed by atoms with Gasteiger partial charge < -0.3 is 9.84 Å². The highest BCUT2D eigenvalue weighted by atomic mass is 35.5. The molecule has 7 heteroatoms. The predicted molar refractivity (Wildman–Crippen MR) is 63.0 cm³/mol. The van der Waals surface area contributed by atoms with Crippen LogP contribution < -0.4 is 5.32 Å². The second-order valence-electron chi connectivity index (χ2n) is 3.54. The minimum Gasteiger partial charge on any atom is -0.369 e. The summed E-state index contributed by atoms with van der Waals surface area (Å²) < 4.78 is 4.87. The highest BCUT2D eigenvalue weighted by Gasteiger charge is 2.05. The average molecular weight is 254 g/mol. The van der Waals surface area contributed by atoms with Crippen LogP contribution in [0.1, 0.15) is 17.3 Å². The van der Waals surface area contributed by atoms with Gasteiger partial charge in [-0.05, 0) is 6.92 Å². The summed E-state index contributed by atoms with van der Waals surface area (Å²) >= 11 is 5.88. The van der Waals surface area contributed by atoms with Crippen molar-refractivity contribution in [2.24, 2.45) is 0 Å². The van der Waals surface area contributed by atoms with Gasteiger partial charge in [-0.2, -0.15) is 4.98 Å². The van der Waals surface area contributed by atoms with E-state index in [-0.39, 0.29) is 0 Å². The number of nitrogens with zero attached hydrogens (tertiary/aromatic N) is 4. The third-order valence-electron chi connectivity index (χ3n) is 2.23. The van der Waals surface area contributed by atoms with Crippen molar-refractivity contribution in [3.63, 3.8) is 0 Å². The van der Waals surface area contributed by atoms with Crippen molar-refractivity contribution in [3.8, 4) is 0 Å². The zero-order valence-electron chi connectivity index (χ0n) is 9.57. The van der Waals surface area contributed by atoms with E-state index in [2.05, 4.69) is 25.4 Å². The summed E-state index contributed by atoms with van der Waals surface area (Å²) in [7, 11) is 0. The van der Waals surface area contributed by atoms with E-state index >= 15 is 0 Å². The number of aryl methyl sites for hydroxylation is 1. The van der Waals surface area contributed by atoms with Gasteiger partial charge >= 0.3 is 0 Å². The van der Waals surface area contributed by atoms with Gasteiger partial charge in [0.1, 0.15) is 17.3 Å². The molecular weight excluding hydrogens is 242 g/mol. The molecule has 0 aromatic carbocycles. The first-order valence-electron chi connectivity index (χ1n) is 5.17. The molecular formula is C10H12ClN5O. The van der Waals surface area contributed by atoms with Crippen LogP contribution in [0.2, 0.25) is 5.15 Å². The summed E-state index contributed by atoms with van der Waals surface area (Å²) in [5.41, 5.74) is 0.832. The van der Waals surface area contributed by atoms with Gasteiger partial charge in [-0.15, -0.1) is 0 Å². The fourth-order valence-electron chi connectivity index (χ4n) is 1.34. The first-order chi connectivity index (χ1) is 8.16. The molecule has 1 N–H and O–H groups in total. The van der Waals surface area contributed by atoms with E-state index in [0.29, 0.717) is 29.8 Å². The van der Waals surface area contributed by atoms with Gasteiger partial charge in [-0.25, -0.2) is 9.97 Å². The molecule has 0 amide bonds. The van der Waals surface area contributed by atoms with Crippen LogP contribution in [0.5, 0.6) is 0 Å². The van der Waals surface area contributed by atoms with Gasteiger partial charge in [-0.3, -0.25) is 0 Å². The van der Waals surface area contributed by atoms with E-state index in [9.17, 15) is 0 Å². The third-order valence-corrected chi connectivity index (χ3v) is 2.61. The molecule has 0 fully saturated rings. The molecule has 0 aliphatic heterocycles. The maximum Gasteiger partial charge on any atom is 0.223 e. The minimum absolute atomic E-state index is 0.456. The molecule has 0 spiro atoms. The molecule has 90 valence electrons. The SMILES string of the molecule is Cc1nc(CCNc2ncnc(Cl)c2C)no1. The summed E-state index contributed by atoms with van der Waals surface area (Å²) in [4.78, 5) is 12.1. The Kier molecular flexibility index (Phi) is 3.53. The average Bonchev–Trinajstić information content (AvgIpc) is 2.70. The lowest BCUT2D eigenvalue weighted by molar-refractivity contribution is 0.387. The lowest BCUT2D eigenvalue weighted by Gasteiger charge is -2.07. The first-order valence-corrected chi connectivity index (χ1v) is 5.55. The number of halogens is 1. The lowest BCUT2D eigenvalue weighted by atomic mass is 10.3. The molecule has 0 saturated heterocycles. The van der Waals surface area contributed by atoms with Crippen LogP contribution >= 0.6 is 11.6 Å². The van der Waals surface area contributed by atoms with Gasteiger partial charge in [0.25, 0.3) is 0 Å². The smallest absolute Gasteiger partial charge is 0.223 e. The number of nitrogens with one attached hydrogen (secondary N) is 1. The van der Waals surface area contributed by atoms with Crippen molar-refractivity contribution >= 4 is 17.4 Å². The highest BCUT2D eigenvalue weighted by molar-refractivity contribution is 6.30. The van der Waals surface area contributed by atoms with Crippen LogP contribution in [0.15, 0.2) is 10.9 Å². The molecule has 17 heavy (non-hydrogen) atoms. The van der Waals surface area contributed by atoms with E-state index < -0.39 is 0 Å². The van der Waals surface area contributed by atoms with Crippen LogP contribution in [0.25, 0.3) is 0 Å². The summed E-state index contributed by atoms with van der Waals surface area (Å²) in [6.45, 7) is 4.29. The second kappa shape index (κ2) is 5.09. The van der Waals surface area contributed by atoms with Gasteiger partial charge in [0.15, 0.2) is 5.82 Å². The van der Waals surface area contributed by atoms with Crippen molar-refractivity contribution in [1.82, 2.24) is 20.1 Å². The van der Waals surface area contributed by atoms with E-state index in [1.807, 2.05) is 6.92 Å². The zero-order chi connectivity index (χ0) is 12.3. The van der Waals surface area contributed by atoms with Crippen LogP contribution in [0.3, 0.4) is 0 Å². The Morgan fingerprint density at radius 3 is 2.88 bits per heavy atom. The topological polar surface area (TPSA) is 76.7 Å². The molecule has 2 aromatic rings. The Balaban J connectivity index is 1.92. The normalized spacial score (nSPS) is 10.5. The van der Waals surface area contributed by atoms with Crippen molar-refractivity contribution in [2.45, 2.75) is 20.3 Å². The Morgan fingerprint density at radius 1 is 1.35 bits per heavy atom. The van der Waals surface area contributed by atoms with Gasteiger partial charge in [0, 0.05) is 25.5 Å². The Morgan fingerprint density at radius 2 is 2.18 bits per heavy atom. The minimum atomic E-state index is 0.456. The number of aromatic nitrogens is 4. The maximum absolute atomic E-state index is 5.88. The summed E-state index contributed by atoms with van der Waals surface area (Å²) in [6, 6.07) is 0. The molecule has 0 atom stereocenters. The maximum atomic E-state index is 5.88. The van der Waals surface area contributed by atoms with Gasteiger partial charge in [0.05, 0.1) is 0 Å². The molecule has 2 rings (SSSR count). The van der Waals surface area contributed by atoms with Crippen molar-refractivity contribution in [1.29, 1.82) is 0 Å². The Bertz CT molecular complexity index is 513. The number of anilines is 1. The molecule has 6 nitrogen and oxygen atoms in total. The van der Waals surface area contributed by atoms with Crippen molar-refractivity contribution in [3.05, 3.63) is 28.8 Å². The monoisotopic (exact) mass is 253 g/mol. The predicted octanol–water partition coefficient (Wildman–Crippen LogP) is 1.78.